The summed E-state index contributed by atoms with van der Waals surface area (Å²) < 4.78 is 0. The fourth-order valence-corrected chi connectivity index (χ4v) is 4.12. The molecule has 0 spiro atoms. The third-order valence-electron chi connectivity index (χ3n) is 4.31. The van der Waals surface area contributed by atoms with Crippen molar-refractivity contribution in [2.75, 3.05) is 24.2 Å². The molecule has 6 heteroatoms. The third-order valence-corrected chi connectivity index (χ3v) is 5.69. The number of thioether (sulfide) groups is 1. The SMILES string of the molecule is Cc1ccc(NC(=O)c2ccccc2SCC(=O)N2CCCC2)c(Cl)c1. The number of rotatable bonds is 5. The molecule has 0 radical (unpaired) electrons. The van der Waals surface area contributed by atoms with E-state index in [1.807, 2.05) is 42.2 Å². The maximum absolute atomic E-state index is 12.7. The Morgan fingerprint density at radius 1 is 1.15 bits per heavy atom. The minimum absolute atomic E-state index is 0.129. The highest BCUT2D eigenvalue weighted by atomic mass is 35.5. The first kappa shape index (κ1) is 18.8. The highest BCUT2D eigenvalue weighted by molar-refractivity contribution is 8.00. The Morgan fingerprint density at radius 3 is 2.62 bits per heavy atom. The average molecular weight is 389 g/mol. The number of nitrogens with zero attached hydrogens (tertiary/aromatic N) is 1. The number of amides is 2. The van der Waals surface area contributed by atoms with Crippen molar-refractivity contribution in [3.63, 3.8) is 0 Å². The summed E-state index contributed by atoms with van der Waals surface area (Å²) in [7, 11) is 0. The topological polar surface area (TPSA) is 49.4 Å². The van der Waals surface area contributed by atoms with Crippen LogP contribution in [0, 0.1) is 6.92 Å². The molecule has 3 rings (SSSR count). The lowest BCUT2D eigenvalue weighted by molar-refractivity contribution is -0.127. The Morgan fingerprint density at radius 2 is 1.88 bits per heavy atom. The van der Waals surface area contributed by atoms with Gasteiger partial charge in [0.2, 0.25) is 5.91 Å². The lowest BCUT2D eigenvalue weighted by atomic mass is 10.2. The van der Waals surface area contributed by atoms with Crippen LogP contribution >= 0.6 is 23.4 Å². The van der Waals surface area contributed by atoms with Crippen LogP contribution < -0.4 is 5.32 Å². The second-order valence-electron chi connectivity index (χ2n) is 6.31. The first-order valence-corrected chi connectivity index (χ1v) is 9.98. The average Bonchev–Trinajstić information content (AvgIpc) is 3.17. The van der Waals surface area contributed by atoms with Gasteiger partial charge in [0.1, 0.15) is 0 Å². The molecular weight excluding hydrogens is 368 g/mol. The number of halogens is 1. The first-order chi connectivity index (χ1) is 12.5. The van der Waals surface area contributed by atoms with E-state index in [2.05, 4.69) is 5.32 Å². The number of hydrogen-bond donors (Lipinski definition) is 1. The number of aryl methyl sites for hydroxylation is 1. The zero-order valence-electron chi connectivity index (χ0n) is 14.6. The zero-order chi connectivity index (χ0) is 18.5. The summed E-state index contributed by atoms with van der Waals surface area (Å²) in [6.07, 6.45) is 2.15. The molecule has 0 aliphatic carbocycles. The second kappa shape index (κ2) is 8.60. The van der Waals surface area contributed by atoms with Crippen LogP contribution in [0.2, 0.25) is 5.02 Å². The van der Waals surface area contributed by atoms with E-state index in [0.29, 0.717) is 22.0 Å². The van der Waals surface area contributed by atoms with Crippen LogP contribution in [0.1, 0.15) is 28.8 Å². The highest BCUT2D eigenvalue weighted by Crippen LogP contribution is 2.27. The second-order valence-corrected chi connectivity index (χ2v) is 7.73. The van der Waals surface area contributed by atoms with Crippen LogP contribution in [0.4, 0.5) is 5.69 Å². The Kier molecular flexibility index (Phi) is 6.22. The molecule has 1 aliphatic heterocycles. The number of likely N-dealkylation sites (tertiary alicyclic amines) is 1. The number of hydrogen-bond acceptors (Lipinski definition) is 3. The number of anilines is 1. The van der Waals surface area contributed by atoms with E-state index in [0.717, 1.165) is 36.4 Å². The van der Waals surface area contributed by atoms with Gasteiger partial charge in [0.25, 0.3) is 5.91 Å². The van der Waals surface area contributed by atoms with Crippen molar-refractivity contribution in [3.05, 3.63) is 58.6 Å². The van der Waals surface area contributed by atoms with Gasteiger partial charge in [-0.1, -0.05) is 29.8 Å². The van der Waals surface area contributed by atoms with Gasteiger partial charge in [-0.15, -0.1) is 11.8 Å². The molecule has 0 unspecified atom stereocenters. The molecule has 4 nitrogen and oxygen atoms in total. The lowest BCUT2D eigenvalue weighted by Crippen LogP contribution is -2.29. The lowest BCUT2D eigenvalue weighted by Gasteiger charge is -2.15. The molecule has 0 aromatic heterocycles. The van der Waals surface area contributed by atoms with Crippen molar-refractivity contribution in [1.82, 2.24) is 4.90 Å². The minimum atomic E-state index is -0.229. The minimum Gasteiger partial charge on any atom is -0.342 e. The van der Waals surface area contributed by atoms with Crippen molar-refractivity contribution < 1.29 is 9.59 Å². The molecule has 1 aliphatic rings. The summed E-state index contributed by atoms with van der Waals surface area (Å²) in [5, 5.41) is 3.36. The Bertz CT molecular complexity index is 819. The molecule has 26 heavy (non-hydrogen) atoms. The van der Waals surface area contributed by atoms with Gasteiger partial charge < -0.3 is 10.2 Å². The van der Waals surface area contributed by atoms with Crippen LogP contribution in [-0.2, 0) is 4.79 Å². The zero-order valence-corrected chi connectivity index (χ0v) is 16.2. The molecule has 0 bridgehead atoms. The van der Waals surface area contributed by atoms with Crippen molar-refractivity contribution in [2.24, 2.45) is 0 Å². The number of carbonyl (C=O) groups is 2. The quantitative estimate of drug-likeness (QED) is 0.760. The Labute approximate surface area is 162 Å². The van der Waals surface area contributed by atoms with Gasteiger partial charge in [0.05, 0.1) is 22.0 Å². The largest absolute Gasteiger partial charge is 0.342 e. The molecule has 0 atom stereocenters. The van der Waals surface area contributed by atoms with Gasteiger partial charge >= 0.3 is 0 Å². The molecule has 2 aromatic rings. The van der Waals surface area contributed by atoms with E-state index in [4.69, 9.17) is 11.6 Å². The van der Waals surface area contributed by atoms with Gasteiger partial charge in [-0.05, 0) is 49.6 Å². The highest BCUT2D eigenvalue weighted by Gasteiger charge is 2.19. The van der Waals surface area contributed by atoms with E-state index in [1.54, 1.807) is 12.1 Å². The van der Waals surface area contributed by atoms with Crippen molar-refractivity contribution in [3.8, 4) is 0 Å². The van der Waals surface area contributed by atoms with Gasteiger partial charge in [-0.25, -0.2) is 0 Å². The maximum Gasteiger partial charge on any atom is 0.256 e. The predicted molar refractivity (Wildman–Crippen MR) is 107 cm³/mol. The van der Waals surface area contributed by atoms with E-state index < -0.39 is 0 Å². The summed E-state index contributed by atoms with van der Waals surface area (Å²) in [6, 6.07) is 12.8. The Hall–Kier alpha value is -1.98. The molecule has 1 heterocycles. The number of nitrogens with one attached hydrogen (secondary N) is 1. The summed E-state index contributed by atoms with van der Waals surface area (Å²) in [5.41, 5.74) is 2.16. The molecule has 1 N–H and O–H groups in total. The summed E-state index contributed by atoms with van der Waals surface area (Å²) in [5.74, 6) is 0.243. The first-order valence-electron chi connectivity index (χ1n) is 8.62. The molecule has 1 fully saturated rings. The van der Waals surface area contributed by atoms with Crippen molar-refractivity contribution in [2.45, 2.75) is 24.7 Å². The van der Waals surface area contributed by atoms with E-state index in [1.165, 1.54) is 11.8 Å². The smallest absolute Gasteiger partial charge is 0.256 e. The van der Waals surface area contributed by atoms with E-state index in [-0.39, 0.29) is 11.8 Å². The standard InChI is InChI=1S/C20H21ClN2O2S/c1-14-8-9-17(16(21)12-14)22-20(25)15-6-2-3-7-18(15)26-13-19(24)23-10-4-5-11-23/h2-3,6-9,12H,4-5,10-11,13H2,1H3,(H,22,25). The third kappa shape index (κ3) is 4.59. The van der Waals surface area contributed by atoms with Crippen LogP contribution in [0.5, 0.6) is 0 Å². The fourth-order valence-electron chi connectivity index (χ4n) is 2.89. The van der Waals surface area contributed by atoms with Crippen molar-refractivity contribution >= 4 is 40.9 Å². The normalized spacial score (nSPS) is 13.7. The molecular formula is C20H21ClN2O2S. The summed E-state index contributed by atoms with van der Waals surface area (Å²) in [6.45, 7) is 3.63. The fraction of sp³-hybridized carbons (Fsp3) is 0.300. The van der Waals surface area contributed by atoms with Crippen molar-refractivity contribution in [1.29, 1.82) is 0 Å². The van der Waals surface area contributed by atoms with Gasteiger partial charge in [0.15, 0.2) is 0 Å². The molecule has 2 aromatic carbocycles. The van der Waals surface area contributed by atoms with Crippen LogP contribution in [0.25, 0.3) is 0 Å². The van der Waals surface area contributed by atoms with Crippen LogP contribution in [0.3, 0.4) is 0 Å². The number of carbonyl (C=O) groups excluding carboxylic acids is 2. The molecule has 2 amide bonds. The van der Waals surface area contributed by atoms with Gasteiger partial charge in [-0.2, -0.15) is 0 Å². The maximum atomic E-state index is 12.7. The van der Waals surface area contributed by atoms with Crippen LogP contribution in [0.15, 0.2) is 47.4 Å². The van der Waals surface area contributed by atoms with E-state index in [9.17, 15) is 9.59 Å². The molecule has 136 valence electrons. The van der Waals surface area contributed by atoms with E-state index >= 15 is 0 Å². The van der Waals surface area contributed by atoms with Gasteiger partial charge in [0, 0.05) is 18.0 Å². The van der Waals surface area contributed by atoms with Crippen LogP contribution in [-0.4, -0.2) is 35.6 Å². The Balaban J connectivity index is 1.69. The summed E-state index contributed by atoms with van der Waals surface area (Å²) in [4.78, 5) is 27.6. The summed E-state index contributed by atoms with van der Waals surface area (Å²) >= 11 is 7.61. The molecule has 0 saturated carbocycles. The monoisotopic (exact) mass is 388 g/mol. The predicted octanol–water partition coefficient (Wildman–Crippen LogP) is 4.62. The molecule has 1 saturated heterocycles. The number of benzene rings is 2. The van der Waals surface area contributed by atoms with Gasteiger partial charge in [-0.3, -0.25) is 9.59 Å².